The van der Waals surface area contributed by atoms with Gasteiger partial charge in [-0.1, -0.05) is 23.4 Å². The van der Waals surface area contributed by atoms with Crippen LogP contribution in [0.25, 0.3) is 5.57 Å². The lowest BCUT2D eigenvalue weighted by atomic mass is 10.0. The molecule has 0 radical (unpaired) electrons. The van der Waals surface area contributed by atoms with Crippen molar-refractivity contribution in [3.05, 3.63) is 59.3 Å². The van der Waals surface area contributed by atoms with E-state index >= 15 is 0 Å². The third kappa shape index (κ3) is 4.64. The summed E-state index contributed by atoms with van der Waals surface area (Å²) in [7, 11) is 0. The van der Waals surface area contributed by atoms with E-state index in [4.69, 9.17) is 4.84 Å². The van der Waals surface area contributed by atoms with Crippen LogP contribution in [0.4, 0.5) is 24.5 Å². The van der Waals surface area contributed by atoms with E-state index in [0.29, 0.717) is 43.1 Å². The van der Waals surface area contributed by atoms with Gasteiger partial charge in [-0.2, -0.15) is 0 Å². The smallest absolute Gasteiger partial charge is 0.406 e. The number of anilines is 2. The van der Waals surface area contributed by atoms with Gasteiger partial charge < -0.3 is 30.4 Å². The van der Waals surface area contributed by atoms with Crippen molar-refractivity contribution in [1.29, 1.82) is 0 Å². The number of alkyl halides is 3. The van der Waals surface area contributed by atoms with Gasteiger partial charge in [0.05, 0.1) is 11.3 Å². The number of hydrogen-bond donors (Lipinski definition) is 3. The highest BCUT2D eigenvalue weighted by Gasteiger charge is 2.36. The molecule has 0 spiro atoms. The minimum Gasteiger partial charge on any atom is -0.406 e. The molecular formula is C23H20F3N5O4. The van der Waals surface area contributed by atoms with Gasteiger partial charge in [-0.05, 0) is 24.3 Å². The van der Waals surface area contributed by atoms with E-state index in [1.165, 1.54) is 6.07 Å². The van der Waals surface area contributed by atoms with Crippen LogP contribution in [0.3, 0.4) is 0 Å². The van der Waals surface area contributed by atoms with Crippen LogP contribution in [0.15, 0.2) is 53.3 Å². The van der Waals surface area contributed by atoms with Crippen LogP contribution >= 0.6 is 0 Å². The van der Waals surface area contributed by atoms with Crippen molar-refractivity contribution < 1.29 is 32.3 Å². The number of para-hydroxylation sites is 1. The number of piperazine rings is 1. The molecule has 1 saturated heterocycles. The standard InChI is InChI=1S/C23H20F3N5O4/c24-23(25,26)35-13-5-6-17-15(11-13)19(22(33)29-17)21-20(14-3-1-2-4-16(14)28-21)30-34-12-18(32)31-9-7-27-8-10-31/h1-6,11,27-28H,7-10,12H2,(H,29,33)/b21-19-,30-20+. The van der Waals surface area contributed by atoms with E-state index < -0.39 is 18.0 Å². The average Bonchev–Trinajstić information content (AvgIpc) is 3.34. The van der Waals surface area contributed by atoms with Crippen molar-refractivity contribution in [3.63, 3.8) is 0 Å². The highest BCUT2D eigenvalue weighted by Crippen LogP contribution is 2.41. The molecule has 2 aromatic rings. The summed E-state index contributed by atoms with van der Waals surface area (Å²) < 4.78 is 42.3. The summed E-state index contributed by atoms with van der Waals surface area (Å²) in [6.07, 6.45) is -4.88. The van der Waals surface area contributed by atoms with Gasteiger partial charge in [0.1, 0.15) is 11.5 Å². The molecule has 182 valence electrons. The fourth-order valence-corrected chi connectivity index (χ4v) is 4.15. The van der Waals surface area contributed by atoms with Gasteiger partial charge in [-0.25, -0.2) is 0 Å². The molecule has 0 aromatic heterocycles. The molecule has 0 saturated carbocycles. The van der Waals surface area contributed by atoms with Crippen LogP contribution < -0.4 is 20.7 Å². The second-order valence-electron chi connectivity index (χ2n) is 7.97. The molecule has 3 aliphatic heterocycles. The Morgan fingerprint density at radius 2 is 1.77 bits per heavy atom. The molecule has 3 heterocycles. The summed E-state index contributed by atoms with van der Waals surface area (Å²) in [5.41, 5.74) is 2.40. The van der Waals surface area contributed by atoms with Gasteiger partial charge in [-0.3, -0.25) is 9.59 Å². The Labute approximate surface area is 197 Å². The van der Waals surface area contributed by atoms with E-state index in [9.17, 15) is 22.8 Å². The normalized spacial score (nSPS) is 20.3. The number of allylic oxidation sites excluding steroid dienone is 1. The fraction of sp³-hybridized carbons (Fsp3) is 0.261. The highest BCUT2D eigenvalue weighted by atomic mass is 19.4. The molecule has 3 aliphatic rings. The average molecular weight is 487 g/mol. The van der Waals surface area contributed by atoms with Crippen molar-refractivity contribution in [1.82, 2.24) is 10.2 Å². The first-order chi connectivity index (χ1) is 16.8. The number of benzene rings is 2. The number of nitrogens with one attached hydrogen (secondary N) is 3. The largest absolute Gasteiger partial charge is 0.573 e. The van der Waals surface area contributed by atoms with Gasteiger partial charge in [0, 0.05) is 48.7 Å². The van der Waals surface area contributed by atoms with Crippen molar-refractivity contribution in [2.45, 2.75) is 6.36 Å². The first-order valence-corrected chi connectivity index (χ1v) is 10.8. The molecule has 2 amide bonds. The number of ether oxygens (including phenoxy) is 1. The fourth-order valence-electron chi connectivity index (χ4n) is 4.15. The summed E-state index contributed by atoms with van der Waals surface area (Å²) in [6, 6.07) is 10.7. The number of hydrogen-bond acceptors (Lipinski definition) is 7. The van der Waals surface area contributed by atoms with E-state index in [2.05, 4.69) is 25.8 Å². The summed E-state index contributed by atoms with van der Waals surface area (Å²) in [5.74, 6) is -1.20. The lowest BCUT2D eigenvalue weighted by Crippen LogP contribution is -2.47. The van der Waals surface area contributed by atoms with Crippen LogP contribution in [0, 0.1) is 0 Å². The van der Waals surface area contributed by atoms with Crippen LogP contribution in [0.2, 0.25) is 0 Å². The predicted molar refractivity (Wildman–Crippen MR) is 121 cm³/mol. The molecule has 2 aromatic carbocycles. The Morgan fingerprint density at radius 3 is 2.54 bits per heavy atom. The summed E-state index contributed by atoms with van der Waals surface area (Å²) in [5, 5.41) is 13.1. The molecule has 0 aliphatic carbocycles. The topological polar surface area (TPSA) is 104 Å². The summed E-state index contributed by atoms with van der Waals surface area (Å²) >= 11 is 0. The molecule has 5 rings (SSSR count). The van der Waals surface area contributed by atoms with Gasteiger partial charge in [0.2, 0.25) is 0 Å². The number of amides is 2. The maximum Gasteiger partial charge on any atom is 0.573 e. The number of fused-ring (bicyclic) bond motifs is 2. The SMILES string of the molecule is O=C1Nc2ccc(OC(F)(F)F)cc2/C1=C1/Nc2ccccc2/C1=N\OCC(=O)N1CCNCC1. The number of rotatable bonds is 4. The van der Waals surface area contributed by atoms with Crippen LogP contribution in [-0.2, 0) is 14.4 Å². The molecule has 3 N–H and O–H groups in total. The Bertz CT molecular complexity index is 1250. The lowest BCUT2D eigenvalue weighted by Gasteiger charge is -2.26. The Hall–Kier alpha value is -4.06. The number of carbonyl (C=O) groups excluding carboxylic acids is 2. The monoisotopic (exact) mass is 487 g/mol. The minimum atomic E-state index is -4.88. The maximum atomic E-state index is 12.9. The first-order valence-electron chi connectivity index (χ1n) is 10.8. The molecule has 35 heavy (non-hydrogen) atoms. The van der Waals surface area contributed by atoms with E-state index in [-0.39, 0.29) is 35.1 Å². The highest BCUT2D eigenvalue weighted by molar-refractivity contribution is 6.39. The van der Waals surface area contributed by atoms with Crippen molar-refractivity contribution in [3.8, 4) is 5.75 Å². The molecule has 9 nitrogen and oxygen atoms in total. The van der Waals surface area contributed by atoms with Crippen LogP contribution in [0.1, 0.15) is 11.1 Å². The maximum absolute atomic E-state index is 12.9. The van der Waals surface area contributed by atoms with Crippen LogP contribution in [-0.4, -0.2) is 61.6 Å². The molecule has 0 unspecified atom stereocenters. The third-order valence-corrected chi connectivity index (χ3v) is 5.71. The van der Waals surface area contributed by atoms with Gasteiger partial charge in [-0.15, -0.1) is 13.2 Å². The molecule has 0 bridgehead atoms. The van der Waals surface area contributed by atoms with E-state index in [0.717, 1.165) is 12.1 Å². The minimum absolute atomic E-state index is 0.0830. The third-order valence-electron chi connectivity index (χ3n) is 5.71. The second kappa shape index (κ2) is 8.95. The quantitative estimate of drug-likeness (QED) is 0.453. The molecule has 12 heteroatoms. The van der Waals surface area contributed by atoms with Crippen LogP contribution in [0.5, 0.6) is 5.75 Å². The molecule has 0 atom stereocenters. The van der Waals surface area contributed by atoms with E-state index in [1.807, 2.05) is 0 Å². The van der Waals surface area contributed by atoms with Gasteiger partial charge in [0.15, 0.2) is 6.61 Å². The Balaban J connectivity index is 1.49. The van der Waals surface area contributed by atoms with E-state index in [1.54, 1.807) is 29.2 Å². The number of nitrogens with zero attached hydrogens (tertiary/aromatic N) is 2. The molecule has 1 fully saturated rings. The number of halogens is 3. The van der Waals surface area contributed by atoms with Gasteiger partial charge in [0.25, 0.3) is 11.8 Å². The Morgan fingerprint density at radius 1 is 1.03 bits per heavy atom. The number of carbonyl (C=O) groups is 2. The predicted octanol–water partition coefficient (Wildman–Crippen LogP) is 2.53. The lowest BCUT2D eigenvalue weighted by molar-refractivity contribution is -0.274. The Kier molecular flexibility index (Phi) is 5.81. The zero-order valence-electron chi connectivity index (χ0n) is 18.2. The number of oxime groups is 1. The second-order valence-corrected chi connectivity index (χ2v) is 7.97. The molecular weight excluding hydrogens is 467 g/mol. The first kappa shape index (κ1) is 22.7. The summed E-state index contributed by atoms with van der Waals surface area (Å²) in [6.45, 7) is 2.24. The zero-order chi connectivity index (χ0) is 24.6. The van der Waals surface area contributed by atoms with Crippen molar-refractivity contribution >= 4 is 34.5 Å². The summed E-state index contributed by atoms with van der Waals surface area (Å²) in [4.78, 5) is 32.3. The van der Waals surface area contributed by atoms with Gasteiger partial charge >= 0.3 is 6.36 Å². The van der Waals surface area contributed by atoms with Crippen molar-refractivity contribution in [2.75, 3.05) is 43.4 Å². The van der Waals surface area contributed by atoms with Crippen molar-refractivity contribution in [2.24, 2.45) is 5.16 Å². The zero-order valence-corrected chi connectivity index (χ0v) is 18.2.